The molecule has 0 N–H and O–H groups in total. The quantitative estimate of drug-likeness (QED) is 0.236. The maximum atomic E-state index is 11.5. The highest BCUT2D eigenvalue weighted by Gasteiger charge is 2.50. The molecule has 0 aromatic heterocycles. The van der Waals surface area contributed by atoms with E-state index in [0.717, 1.165) is 12.8 Å². The average Bonchev–Trinajstić information content (AvgIpc) is 3.05. The van der Waals surface area contributed by atoms with Crippen molar-refractivity contribution in [3.63, 3.8) is 0 Å². The molecule has 0 saturated heterocycles. The highest BCUT2D eigenvalue weighted by molar-refractivity contribution is 6.74. The Morgan fingerprint density at radius 2 is 1.88 bits per heavy atom. The number of fused-ring (bicyclic) bond motifs is 1. The van der Waals surface area contributed by atoms with E-state index in [2.05, 4.69) is 73.4 Å². The van der Waals surface area contributed by atoms with Gasteiger partial charge in [-0.3, -0.25) is 0 Å². The largest absolute Gasteiger partial charge is 0.410 e. The molecule has 0 aromatic rings. The molecule has 0 heterocycles. The summed E-state index contributed by atoms with van der Waals surface area (Å²) in [7, 11) is -1.83. The van der Waals surface area contributed by atoms with Gasteiger partial charge >= 0.3 is 0 Å². The predicted molar refractivity (Wildman–Crippen MR) is 139 cm³/mol. The molecular weight excluding hydrogens is 408 g/mol. The highest BCUT2D eigenvalue weighted by atomic mass is 28.4. The molecule has 3 saturated carbocycles. The summed E-state index contributed by atoms with van der Waals surface area (Å²) < 4.78 is 6.83. The number of aldehydes is 1. The first-order chi connectivity index (χ1) is 14.8. The summed E-state index contributed by atoms with van der Waals surface area (Å²) in [5.41, 5.74) is 4.73. The number of rotatable bonds is 5. The van der Waals surface area contributed by atoms with Gasteiger partial charge in [0.25, 0.3) is 0 Å². The first-order valence-electron chi connectivity index (χ1n) is 13.0. The molecule has 3 aliphatic rings. The Morgan fingerprint density at radius 3 is 2.50 bits per heavy atom. The highest BCUT2D eigenvalue weighted by Crippen LogP contribution is 2.59. The molecule has 1 unspecified atom stereocenters. The van der Waals surface area contributed by atoms with Gasteiger partial charge in [-0.25, -0.2) is 0 Å². The van der Waals surface area contributed by atoms with E-state index < -0.39 is 8.32 Å². The van der Waals surface area contributed by atoms with Crippen LogP contribution < -0.4 is 0 Å². The van der Waals surface area contributed by atoms with Crippen LogP contribution in [0.25, 0.3) is 0 Å². The minimum absolute atomic E-state index is 0.158. The van der Waals surface area contributed by atoms with Gasteiger partial charge in [0, 0.05) is 5.92 Å². The minimum Gasteiger partial charge on any atom is -0.410 e. The fourth-order valence-corrected chi connectivity index (χ4v) is 7.84. The summed E-state index contributed by atoms with van der Waals surface area (Å²) in [6.45, 7) is 23.0. The van der Waals surface area contributed by atoms with Gasteiger partial charge in [-0.2, -0.15) is 0 Å². The lowest BCUT2D eigenvalue weighted by molar-refractivity contribution is -0.113. The number of carbonyl (C=O) groups excluding carboxylic acids is 1. The van der Waals surface area contributed by atoms with E-state index in [0.29, 0.717) is 23.2 Å². The van der Waals surface area contributed by atoms with E-state index in [4.69, 9.17) is 4.43 Å². The van der Waals surface area contributed by atoms with Crippen LogP contribution >= 0.6 is 0 Å². The Hall–Kier alpha value is -0.933. The van der Waals surface area contributed by atoms with Gasteiger partial charge in [-0.1, -0.05) is 71.4 Å². The zero-order valence-corrected chi connectivity index (χ0v) is 23.1. The number of hydrogen-bond donors (Lipinski definition) is 0. The monoisotopic (exact) mass is 456 g/mol. The molecule has 3 heteroatoms. The Balaban J connectivity index is 1.79. The molecule has 2 nitrogen and oxygen atoms in total. The molecule has 0 bridgehead atoms. The van der Waals surface area contributed by atoms with Crippen LogP contribution in [0.5, 0.6) is 0 Å². The molecular formula is C29H48O2Si. The number of hydrogen-bond acceptors (Lipinski definition) is 2. The smallest absolute Gasteiger partial charge is 0.192 e. The van der Waals surface area contributed by atoms with Crippen LogP contribution in [-0.4, -0.2) is 20.7 Å². The molecule has 180 valence electrons. The van der Waals surface area contributed by atoms with Crippen molar-refractivity contribution in [2.75, 3.05) is 0 Å². The van der Waals surface area contributed by atoms with Gasteiger partial charge in [0.1, 0.15) is 6.29 Å². The van der Waals surface area contributed by atoms with E-state index in [1.165, 1.54) is 49.5 Å². The van der Waals surface area contributed by atoms with Crippen molar-refractivity contribution in [2.24, 2.45) is 29.1 Å². The molecule has 32 heavy (non-hydrogen) atoms. The Labute approximate surface area is 199 Å². The number of carbonyl (C=O) groups is 1. The first kappa shape index (κ1) is 25.7. The van der Waals surface area contributed by atoms with E-state index in [-0.39, 0.29) is 17.1 Å². The predicted octanol–water partition coefficient (Wildman–Crippen LogP) is 8.27. The van der Waals surface area contributed by atoms with Gasteiger partial charge in [0.05, 0.1) is 6.10 Å². The normalized spacial score (nSPS) is 37.6. The molecule has 0 aliphatic heterocycles. The van der Waals surface area contributed by atoms with Gasteiger partial charge in [0.2, 0.25) is 0 Å². The van der Waals surface area contributed by atoms with Gasteiger partial charge < -0.3 is 9.22 Å². The lowest BCUT2D eigenvalue weighted by Gasteiger charge is -2.43. The molecule has 0 aromatic carbocycles. The van der Waals surface area contributed by atoms with Crippen LogP contribution in [0.3, 0.4) is 0 Å². The maximum absolute atomic E-state index is 11.5. The van der Waals surface area contributed by atoms with E-state index in [9.17, 15) is 4.79 Å². The van der Waals surface area contributed by atoms with Crippen LogP contribution in [0.4, 0.5) is 0 Å². The second-order valence-corrected chi connectivity index (χ2v) is 17.7. The van der Waals surface area contributed by atoms with E-state index >= 15 is 0 Å². The molecule has 3 fully saturated rings. The van der Waals surface area contributed by atoms with Crippen molar-refractivity contribution in [1.82, 2.24) is 0 Å². The van der Waals surface area contributed by atoms with Gasteiger partial charge in [0.15, 0.2) is 8.32 Å². The van der Waals surface area contributed by atoms with Crippen LogP contribution in [0.2, 0.25) is 18.1 Å². The number of allylic oxidation sites excluding steroid dienone is 3. The van der Waals surface area contributed by atoms with Crippen LogP contribution in [0, 0.1) is 29.1 Å². The third kappa shape index (κ3) is 4.94. The van der Waals surface area contributed by atoms with Crippen LogP contribution in [-0.2, 0) is 9.22 Å². The van der Waals surface area contributed by atoms with Gasteiger partial charge in [-0.15, -0.1) is 0 Å². The first-order valence-corrected chi connectivity index (χ1v) is 15.9. The molecule has 0 spiro atoms. The van der Waals surface area contributed by atoms with Crippen molar-refractivity contribution in [3.8, 4) is 0 Å². The Morgan fingerprint density at radius 1 is 1.19 bits per heavy atom. The molecule has 6 atom stereocenters. The Bertz CT molecular complexity index is 783. The lowest BCUT2D eigenvalue weighted by atomic mass is 9.61. The zero-order valence-electron chi connectivity index (χ0n) is 22.1. The standard InChI is InChI=1S/C29H48O2Si/c1-20-17-23(18-27(22(20)3)31-32(8,9)28(4,5)6)12-13-24-11-10-16-29(7)25(21(2)19-30)14-15-26(24)29/h12-13,19-21,25-27H,3,10-11,14-18H2,1-2,4-9H3/b23-12-,24-13+/t20-,21-,25-,26?,27-,29-/m1/s1. The van der Waals surface area contributed by atoms with E-state index in [1.807, 2.05) is 0 Å². The second kappa shape index (κ2) is 9.37. The molecule has 3 aliphatic carbocycles. The zero-order chi connectivity index (χ0) is 23.9. The van der Waals surface area contributed by atoms with Crippen LogP contribution in [0.15, 0.2) is 35.5 Å². The second-order valence-electron chi connectivity index (χ2n) is 12.9. The summed E-state index contributed by atoms with van der Waals surface area (Å²) in [5.74, 6) is 1.85. The minimum atomic E-state index is -1.83. The Kier molecular flexibility index (Phi) is 7.52. The maximum Gasteiger partial charge on any atom is 0.192 e. The molecule has 3 rings (SSSR count). The third-order valence-electron chi connectivity index (χ3n) is 9.73. The summed E-state index contributed by atoms with van der Waals surface area (Å²) >= 11 is 0. The van der Waals surface area contributed by atoms with Crippen molar-refractivity contribution in [3.05, 3.63) is 35.5 Å². The van der Waals surface area contributed by atoms with Gasteiger partial charge in [-0.05, 0) is 91.8 Å². The summed E-state index contributed by atoms with van der Waals surface area (Å²) in [4.78, 5) is 11.5. The van der Waals surface area contributed by atoms with Crippen molar-refractivity contribution in [1.29, 1.82) is 0 Å². The average molecular weight is 457 g/mol. The topological polar surface area (TPSA) is 26.3 Å². The van der Waals surface area contributed by atoms with Crippen molar-refractivity contribution in [2.45, 2.75) is 111 Å². The molecule has 0 radical (unpaired) electrons. The molecule has 0 amide bonds. The van der Waals surface area contributed by atoms with Crippen molar-refractivity contribution >= 4 is 14.6 Å². The van der Waals surface area contributed by atoms with Crippen LogP contribution in [0.1, 0.15) is 86.5 Å². The van der Waals surface area contributed by atoms with Crippen molar-refractivity contribution < 1.29 is 9.22 Å². The lowest BCUT2D eigenvalue weighted by Crippen LogP contribution is -2.45. The summed E-state index contributed by atoms with van der Waals surface area (Å²) in [6.07, 6.45) is 14.5. The fourth-order valence-electron chi connectivity index (χ4n) is 6.54. The van der Waals surface area contributed by atoms with E-state index in [1.54, 1.807) is 5.57 Å². The fraction of sp³-hybridized carbons (Fsp3) is 0.759. The summed E-state index contributed by atoms with van der Waals surface area (Å²) in [6, 6.07) is 0. The SMILES string of the molecule is C=C1[C@H](C)C/C(=C/C=C2\CCC[C@@]3(C)C2CC[C@@H]3[C@H](C)C=O)C[C@H]1O[Si](C)(C)C(C)(C)C. The third-order valence-corrected chi connectivity index (χ3v) is 14.2. The summed E-state index contributed by atoms with van der Waals surface area (Å²) in [5, 5.41) is 0.212.